The number of amides is 2. The molecule has 0 aliphatic rings. The Morgan fingerprint density at radius 1 is 0.476 bits per heavy atom. The van der Waals surface area contributed by atoms with E-state index in [9.17, 15) is 19.8 Å². The van der Waals surface area contributed by atoms with E-state index in [1.807, 2.05) is 97.1 Å². The van der Waals surface area contributed by atoms with Crippen molar-refractivity contribution in [2.75, 3.05) is 10.6 Å². The molecule has 6 nitrogen and oxygen atoms in total. The van der Waals surface area contributed by atoms with Crippen LogP contribution in [0.25, 0.3) is 21.5 Å². The van der Waals surface area contributed by atoms with Crippen LogP contribution in [0.2, 0.25) is 0 Å². The standard InChI is InChI=1S/C36H28N2O4/c39-33-21-27-7-3-1-5-25(27)19-31(33)35(41)37-29-15-11-23(12-16-29)9-10-24-13-17-30(18-14-24)38-36(42)32-20-26-6-2-4-8-28(26)22-34(32)40/h1-8,11-22,39-40H,9-10H2,(H,37,41)(H,38,42). The summed E-state index contributed by atoms with van der Waals surface area (Å²) in [6.07, 6.45) is 1.60. The molecule has 0 atom stereocenters. The van der Waals surface area contributed by atoms with Crippen LogP contribution in [0.3, 0.4) is 0 Å². The fraction of sp³-hybridized carbons (Fsp3) is 0.0556. The minimum Gasteiger partial charge on any atom is -0.507 e. The van der Waals surface area contributed by atoms with Crippen molar-refractivity contribution in [1.82, 2.24) is 0 Å². The van der Waals surface area contributed by atoms with Gasteiger partial charge in [-0.05, 0) is 94.0 Å². The lowest BCUT2D eigenvalue weighted by Crippen LogP contribution is -2.12. The second kappa shape index (κ2) is 11.5. The maximum absolute atomic E-state index is 12.8. The van der Waals surface area contributed by atoms with Gasteiger partial charge in [-0.1, -0.05) is 72.8 Å². The van der Waals surface area contributed by atoms with Gasteiger partial charge in [0.2, 0.25) is 0 Å². The van der Waals surface area contributed by atoms with Crippen molar-refractivity contribution in [2.24, 2.45) is 0 Å². The molecule has 0 saturated heterocycles. The van der Waals surface area contributed by atoms with Crippen LogP contribution in [0.1, 0.15) is 31.8 Å². The van der Waals surface area contributed by atoms with Crippen LogP contribution >= 0.6 is 0 Å². The Hall–Kier alpha value is -5.62. The molecular formula is C36H28N2O4. The summed E-state index contributed by atoms with van der Waals surface area (Å²) in [6, 6.07) is 37.0. The van der Waals surface area contributed by atoms with Gasteiger partial charge in [0, 0.05) is 11.4 Å². The molecule has 0 aromatic heterocycles. The van der Waals surface area contributed by atoms with Gasteiger partial charge in [0.15, 0.2) is 0 Å². The largest absolute Gasteiger partial charge is 0.507 e. The molecule has 0 spiro atoms. The number of rotatable bonds is 7. The first-order chi connectivity index (χ1) is 20.4. The van der Waals surface area contributed by atoms with Crippen molar-refractivity contribution in [1.29, 1.82) is 0 Å². The van der Waals surface area contributed by atoms with Crippen molar-refractivity contribution < 1.29 is 19.8 Å². The van der Waals surface area contributed by atoms with Crippen molar-refractivity contribution >= 4 is 44.7 Å². The Morgan fingerprint density at radius 2 is 0.810 bits per heavy atom. The Morgan fingerprint density at radius 3 is 1.17 bits per heavy atom. The van der Waals surface area contributed by atoms with Gasteiger partial charge >= 0.3 is 0 Å². The van der Waals surface area contributed by atoms with Crippen molar-refractivity contribution in [2.45, 2.75) is 12.8 Å². The van der Waals surface area contributed by atoms with E-state index >= 15 is 0 Å². The van der Waals surface area contributed by atoms with E-state index in [4.69, 9.17) is 0 Å². The summed E-state index contributed by atoms with van der Waals surface area (Å²) in [5.41, 5.74) is 3.98. The third-order valence-corrected chi connectivity index (χ3v) is 7.34. The van der Waals surface area contributed by atoms with E-state index in [1.54, 1.807) is 24.3 Å². The zero-order valence-corrected chi connectivity index (χ0v) is 22.7. The zero-order chi connectivity index (χ0) is 29.1. The predicted octanol–water partition coefficient (Wildman–Crippen LogP) is 7.69. The van der Waals surface area contributed by atoms with Crippen LogP contribution in [-0.4, -0.2) is 22.0 Å². The topological polar surface area (TPSA) is 98.7 Å². The fourth-order valence-electron chi connectivity index (χ4n) is 5.02. The molecule has 0 radical (unpaired) electrons. The Balaban J connectivity index is 1.04. The molecule has 6 aromatic carbocycles. The summed E-state index contributed by atoms with van der Waals surface area (Å²) in [5.74, 6) is -0.844. The summed E-state index contributed by atoms with van der Waals surface area (Å²) in [4.78, 5) is 25.6. The van der Waals surface area contributed by atoms with E-state index in [1.165, 1.54) is 0 Å². The molecular weight excluding hydrogens is 524 g/mol. The third kappa shape index (κ3) is 5.78. The number of benzene rings is 6. The Kier molecular flexibility index (Phi) is 7.26. The molecule has 0 bridgehead atoms. The minimum absolute atomic E-state index is 0.0553. The Labute approximate surface area is 242 Å². The molecule has 0 aliphatic heterocycles. The predicted molar refractivity (Wildman–Crippen MR) is 167 cm³/mol. The summed E-state index contributed by atoms with van der Waals surface area (Å²) in [5, 5.41) is 29.9. The highest BCUT2D eigenvalue weighted by Gasteiger charge is 2.14. The molecule has 2 amide bonds. The average molecular weight is 553 g/mol. The second-order valence-electron chi connectivity index (χ2n) is 10.2. The molecule has 42 heavy (non-hydrogen) atoms. The van der Waals surface area contributed by atoms with Crippen LogP contribution in [0.5, 0.6) is 11.5 Å². The minimum atomic E-state index is -0.367. The summed E-state index contributed by atoms with van der Waals surface area (Å²) in [7, 11) is 0. The molecule has 6 aromatic rings. The highest BCUT2D eigenvalue weighted by Crippen LogP contribution is 2.27. The molecule has 0 heterocycles. The van der Waals surface area contributed by atoms with Crippen LogP contribution < -0.4 is 10.6 Å². The van der Waals surface area contributed by atoms with Crippen LogP contribution in [-0.2, 0) is 12.8 Å². The number of aryl methyl sites for hydroxylation is 2. The summed E-state index contributed by atoms with van der Waals surface area (Å²) in [6.45, 7) is 0. The average Bonchev–Trinajstić information content (AvgIpc) is 3.00. The second-order valence-corrected chi connectivity index (χ2v) is 10.2. The number of fused-ring (bicyclic) bond motifs is 2. The number of anilines is 2. The van der Waals surface area contributed by atoms with Gasteiger partial charge in [-0.3, -0.25) is 9.59 Å². The van der Waals surface area contributed by atoms with Crippen molar-refractivity contribution in [3.63, 3.8) is 0 Å². The van der Waals surface area contributed by atoms with E-state index in [0.29, 0.717) is 11.4 Å². The number of phenols is 2. The quantitative estimate of drug-likeness (QED) is 0.163. The molecule has 6 rings (SSSR count). The first kappa shape index (κ1) is 26.6. The molecule has 4 N–H and O–H groups in total. The lowest BCUT2D eigenvalue weighted by atomic mass is 10.0. The number of aromatic hydroxyl groups is 2. The fourth-order valence-corrected chi connectivity index (χ4v) is 5.02. The number of carbonyl (C=O) groups is 2. The zero-order valence-electron chi connectivity index (χ0n) is 22.7. The van der Waals surface area contributed by atoms with E-state index in [2.05, 4.69) is 10.6 Å². The first-order valence-corrected chi connectivity index (χ1v) is 13.7. The van der Waals surface area contributed by atoms with E-state index < -0.39 is 0 Å². The van der Waals surface area contributed by atoms with Crippen LogP contribution in [0, 0.1) is 0 Å². The number of phenolic OH excluding ortho intramolecular Hbond substituents is 2. The molecule has 0 unspecified atom stereocenters. The van der Waals surface area contributed by atoms with Crippen LogP contribution in [0.15, 0.2) is 121 Å². The normalized spacial score (nSPS) is 11.0. The molecule has 0 aliphatic carbocycles. The monoisotopic (exact) mass is 552 g/mol. The molecule has 206 valence electrons. The molecule has 0 saturated carbocycles. The van der Waals surface area contributed by atoms with E-state index in [0.717, 1.165) is 45.5 Å². The Bertz CT molecular complexity index is 1790. The maximum atomic E-state index is 12.8. The van der Waals surface area contributed by atoms with Gasteiger partial charge in [-0.15, -0.1) is 0 Å². The number of hydrogen-bond donors (Lipinski definition) is 4. The maximum Gasteiger partial charge on any atom is 0.259 e. The van der Waals surface area contributed by atoms with Gasteiger partial charge in [-0.2, -0.15) is 0 Å². The first-order valence-electron chi connectivity index (χ1n) is 13.7. The van der Waals surface area contributed by atoms with Gasteiger partial charge < -0.3 is 20.8 Å². The smallest absolute Gasteiger partial charge is 0.259 e. The molecule has 6 heteroatoms. The molecule has 0 fully saturated rings. The van der Waals surface area contributed by atoms with Crippen molar-refractivity contribution in [3.8, 4) is 11.5 Å². The lowest BCUT2D eigenvalue weighted by molar-refractivity contribution is 0.101. The van der Waals surface area contributed by atoms with Gasteiger partial charge in [0.05, 0.1) is 11.1 Å². The number of nitrogens with one attached hydrogen (secondary N) is 2. The van der Waals surface area contributed by atoms with Gasteiger partial charge in [0.25, 0.3) is 11.8 Å². The summed E-state index contributed by atoms with van der Waals surface area (Å²) >= 11 is 0. The number of carbonyl (C=O) groups excluding carboxylic acids is 2. The van der Waals surface area contributed by atoms with Gasteiger partial charge in [-0.25, -0.2) is 0 Å². The van der Waals surface area contributed by atoms with E-state index in [-0.39, 0.29) is 34.4 Å². The highest BCUT2D eigenvalue weighted by atomic mass is 16.3. The summed E-state index contributed by atoms with van der Waals surface area (Å²) < 4.78 is 0. The van der Waals surface area contributed by atoms with Gasteiger partial charge in [0.1, 0.15) is 11.5 Å². The van der Waals surface area contributed by atoms with Crippen molar-refractivity contribution in [3.05, 3.63) is 144 Å². The third-order valence-electron chi connectivity index (χ3n) is 7.34. The highest BCUT2D eigenvalue weighted by molar-refractivity contribution is 6.09. The lowest BCUT2D eigenvalue weighted by Gasteiger charge is -2.10. The SMILES string of the molecule is O=C(Nc1ccc(CCc2ccc(NC(=O)c3cc4ccccc4cc3O)cc2)cc1)c1cc2ccccc2cc1O. The van der Waals surface area contributed by atoms with Crippen LogP contribution in [0.4, 0.5) is 11.4 Å². The number of hydrogen-bond acceptors (Lipinski definition) is 4.